The van der Waals surface area contributed by atoms with Crippen molar-refractivity contribution in [2.75, 3.05) is 12.4 Å². The molecule has 3 amide bonds. The number of nitrogens with one attached hydrogen (secondary N) is 3. The van der Waals surface area contributed by atoms with Gasteiger partial charge in [0.05, 0.1) is 24.4 Å². The molecular formula is C19H18BrN3O3. The van der Waals surface area contributed by atoms with Gasteiger partial charge in [0.1, 0.15) is 5.75 Å². The molecule has 0 aromatic heterocycles. The summed E-state index contributed by atoms with van der Waals surface area (Å²) in [4.78, 5) is 24.9. The van der Waals surface area contributed by atoms with E-state index in [2.05, 4.69) is 31.9 Å². The Hall–Kier alpha value is -2.80. The van der Waals surface area contributed by atoms with E-state index in [0.29, 0.717) is 22.7 Å². The van der Waals surface area contributed by atoms with Crippen LogP contribution in [0.3, 0.4) is 0 Å². The predicted molar refractivity (Wildman–Crippen MR) is 103 cm³/mol. The number of halogens is 1. The molecule has 0 spiro atoms. The van der Waals surface area contributed by atoms with E-state index < -0.39 is 6.04 Å². The van der Waals surface area contributed by atoms with Crippen molar-refractivity contribution >= 4 is 33.6 Å². The molecule has 134 valence electrons. The molecule has 2 aromatic carbocycles. The van der Waals surface area contributed by atoms with Crippen LogP contribution < -0.4 is 20.7 Å². The molecule has 0 saturated carbocycles. The summed E-state index contributed by atoms with van der Waals surface area (Å²) in [7, 11) is 1.54. The summed E-state index contributed by atoms with van der Waals surface area (Å²) in [6.45, 7) is 1.71. The van der Waals surface area contributed by atoms with E-state index >= 15 is 0 Å². The van der Waals surface area contributed by atoms with Crippen molar-refractivity contribution in [3.8, 4) is 5.75 Å². The van der Waals surface area contributed by atoms with Crippen LogP contribution in [0.5, 0.6) is 5.75 Å². The number of carbonyl (C=O) groups excluding carboxylic acids is 2. The lowest BCUT2D eigenvalue weighted by atomic mass is 9.95. The largest absolute Gasteiger partial charge is 0.495 e. The SMILES string of the molecule is COc1ccccc1NC(=O)C1=C(C)NC(=O)N[C@@H]1c1ccc(Br)cc1. The quantitative estimate of drug-likeness (QED) is 0.711. The summed E-state index contributed by atoms with van der Waals surface area (Å²) in [6, 6.07) is 13.7. The van der Waals surface area contributed by atoms with Crippen molar-refractivity contribution in [1.29, 1.82) is 0 Å². The van der Waals surface area contributed by atoms with Gasteiger partial charge in [0.2, 0.25) is 0 Å². The standard InChI is InChI=1S/C19H18BrN3O3/c1-11-16(18(24)22-14-5-3-4-6-15(14)26-2)17(23-19(25)21-11)12-7-9-13(20)10-8-12/h3-10,17H,1-2H3,(H,22,24)(H2,21,23,25)/t17-/m1/s1. The zero-order valence-electron chi connectivity index (χ0n) is 14.3. The number of benzene rings is 2. The fraction of sp³-hybridized carbons (Fsp3) is 0.158. The first-order valence-electron chi connectivity index (χ1n) is 7.97. The van der Waals surface area contributed by atoms with Crippen molar-refractivity contribution < 1.29 is 14.3 Å². The fourth-order valence-corrected chi connectivity index (χ4v) is 3.10. The number of urea groups is 1. The summed E-state index contributed by atoms with van der Waals surface area (Å²) >= 11 is 3.39. The second-order valence-electron chi connectivity index (χ2n) is 5.78. The number of carbonyl (C=O) groups is 2. The molecule has 3 N–H and O–H groups in total. The van der Waals surface area contributed by atoms with Crippen molar-refractivity contribution in [2.24, 2.45) is 0 Å². The van der Waals surface area contributed by atoms with Crippen LogP contribution in [0, 0.1) is 0 Å². The van der Waals surface area contributed by atoms with Crippen molar-refractivity contribution in [3.05, 3.63) is 69.8 Å². The molecule has 1 atom stereocenters. The Kier molecular flexibility index (Phi) is 5.27. The van der Waals surface area contributed by atoms with E-state index in [1.54, 1.807) is 26.2 Å². The summed E-state index contributed by atoms with van der Waals surface area (Å²) < 4.78 is 6.20. The minimum absolute atomic E-state index is 0.313. The van der Waals surface area contributed by atoms with Gasteiger partial charge in [-0.05, 0) is 36.8 Å². The van der Waals surface area contributed by atoms with Gasteiger partial charge in [0.15, 0.2) is 0 Å². The van der Waals surface area contributed by atoms with Gasteiger partial charge in [-0.15, -0.1) is 0 Å². The first-order chi connectivity index (χ1) is 12.5. The van der Waals surface area contributed by atoms with E-state index in [9.17, 15) is 9.59 Å². The molecular weight excluding hydrogens is 398 g/mol. The van der Waals surface area contributed by atoms with Gasteiger partial charge in [-0.25, -0.2) is 4.79 Å². The van der Waals surface area contributed by atoms with Gasteiger partial charge in [-0.1, -0.05) is 40.2 Å². The highest BCUT2D eigenvalue weighted by atomic mass is 79.9. The minimum Gasteiger partial charge on any atom is -0.495 e. The second-order valence-corrected chi connectivity index (χ2v) is 6.69. The fourth-order valence-electron chi connectivity index (χ4n) is 2.84. The average molecular weight is 416 g/mol. The Morgan fingerprint density at radius 2 is 1.85 bits per heavy atom. The monoisotopic (exact) mass is 415 g/mol. The van der Waals surface area contributed by atoms with Crippen LogP contribution in [0.2, 0.25) is 0 Å². The van der Waals surface area contributed by atoms with Gasteiger partial charge in [-0.3, -0.25) is 4.79 Å². The average Bonchev–Trinajstić information content (AvgIpc) is 2.62. The van der Waals surface area contributed by atoms with Gasteiger partial charge in [0.25, 0.3) is 5.91 Å². The van der Waals surface area contributed by atoms with Crippen LogP contribution in [0.4, 0.5) is 10.5 Å². The third-order valence-corrected chi connectivity index (χ3v) is 4.60. The lowest BCUT2D eigenvalue weighted by Crippen LogP contribution is -2.45. The first-order valence-corrected chi connectivity index (χ1v) is 8.77. The van der Waals surface area contributed by atoms with Crippen LogP contribution >= 0.6 is 15.9 Å². The van der Waals surface area contributed by atoms with Crippen molar-refractivity contribution in [3.63, 3.8) is 0 Å². The molecule has 3 rings (SSSR count). The van der Waals surface area contributed by atoms with Gasteiger partial charge < -0.3 is 20.7 Å². The topological polar surface area (TPSA) is 79.5 Å². The highest BCUT2D eigenvalue weighted by Crippen LogP contribution is 2.30. The molecule has 0 aliphatic carbocycles. The Labute approximate surface area is 159 Å². The van der Waals surface area contributed by atoms with Crippen LogP contribution in [0.15, 0.2) is 64.3 Å². The molecule has 0 unspecified atom stereocenters. The van der Waals surface area contributed by atoms with Crippen molar-refractivity contribution in [2.45, 2.75) is 13.0 Å². The number of hydrogen-bond acceptors (Lipinski definition) is 3. The third-order valence-electron chi connectivity index (χ3n) is 4.07. The van der Waals surface area contributed by atoms with E-state index in [1.165, 1.54) is 0 Å². The van der Waals surface area contributed by atoms with Crippen LogP contribution in [0.1, 0.15) is 18.5 Å². The number of rotatable bonds is 4. The molecule has 0 bridgehead atoms. The summed E-state index contributed by atoms with van der Waals surface area (Å²) in [6.07, 6.45) is 0. The number of anilines is 1. The number of amides is 3. The molecule has 1 heterocycles. The molecule has 0 fully saturated rings. The second kappa shape index (κ2) is 7.61. The van der Waals surface area contributed by atoms with Crippen LogP contribution in [-0.4, -0.2) is 19.0 Å². The molecule has 1 aliphatic heterocycles. The number of hydrogen-bond donors (Lipinski definition) is 3. The zero-order chi connectivity index (χ0) is 18.7. The summed E-state index contributed by atoms with van der Waals surface area (Å²) in [5.41, 5.74) is 2.33. The molecule has 7 heteroatoms. The van der Waals surface area contributed by atoms with E-state index in [4.69, 9.17) is 4.74 Å². The van der Waals surface area contributed by atoms with Gasteiger partial charge in [0, 0.05) is 10.2 Å². The number of ether oxygens (including phenoxy) is 1. The number of para-hydroxylation sites is 2. The summed E-state index contributed by atoms with van der Waals surface area (Å²) in [5, 5.41) is 8.34. The minimum atomic E-state index is -0.549. The third kappa shape index (κ3) is 3.72. The predicted octanol–water partition coefficient (Wildman–Crippen LogP) is 3.72. The smallest absolute Gasteiger partial charge is 0.319 e. The molecule has 2 aromatic rings. The molecule has 6 nitrogen and oxygen atoms in total. The zero-order valence-corrected chi connectivity index (χ0v) is 15.9. The normalized spacial score (nSPS) is 16.6. The van der Waals surface area contributed by atoms with E-state index in [0.717, 1.165) is 10.0 Å². The molecule has 1 aliphatic rings. The maximum absolute atomic E-state index is 13.0. The lowest BCUT2D eigenvalue weighted by Gasteiger charge is -2.28. The van der Waals surface area contributed by atoms with Crippen molar-refractivity contribution in [1.82, 2.24) is 10.6 Å². The van der Waals surface area contributed by atoms with Gasteiger partial charge in [-0.2, -0.15) is 0 Å². The maximum Gasteiger partial charge on any atom is 0.319 e. The lowest BCUT2D eigenvalue weighted by molar-refractivity contribution is -0.113. The number of methoxy groups -OCH3 is 1. The molecule has 0 radical (unpaired) electrons. The first kappa shape index (κ1) is 18.0. The number of allylic oxidation sites excluding steroid dienone is 1. The Balaban J connectivity index is 1.95. The Morgan fingerprint density at radius 3 is 2.54 bits per heavy atom. The molecule has 0 saturated heterocycles. The van der Waals surface area contributed by atoms with Gasteiger partial charge >= 0.3 is 6.03 Å². The summed E-state index contributed by atoms with van der Waals surface area (Å²) in [5.74, 6) is 0.250. The Morgan fingerprint density at radius 1 is 1.15 bits per heavy atom. The highest BCUT2D eigenvalue weighted by molar-refractivity contribution is 9.10. The van der Waals surface area contributed by atoms with E-state index in [1.807, 2.05) is 36.4 Å². The Bertz CT molecular complexity index is 878. The highest BCUT2D eigenvalue weighted by Gasteiger charge is 2.31. The molecule has 26 heavy (non-hydrogen) atoms. The van der Waals surface area contributed by atoms with Crippen LogP contribution in [-0.2, 0) is 4.79 Å². The van der Waals surface area contributed by atoms with Crippen LogP contribution in [0.25, 0.3) is 0 Å². The van der Waals surface area contributed by atoms with E-state index in [-0.39, 0.29) is 11.9 Å². The maximum atomic E-state index is 13.0.